The van der Waals surface area contributed by atoms with Gasteiger partial charge >= 0.3 is 0 Å². The predicted octanol–water partition coefficient (Wildman–Crippen LogP) is 1.79. The summed E-state index contributed by atoms with van der Waals surface area (Å²) in [7, 11) is 0. The van der Waals surface area contributed by atoms with Crippen LogP contribution >= 0.6 is 24.8 Å². The van der Waals surface area contributed by atoms with Crippen molar-refractivity contribution in [2.24, 2.45) is 0 Å². The fourth-order valence-electron chi connectivity index (χ4n) is 2.53. The van der Waals surface area contributed by atoms with Gasteiger partial charge in [-0.3, -0.25) is 4.79 Å². The quantitative estimate of drug-likeness (QED) is 0.834. The molecule has 6 nitrogen and oxygen atoms in total. The van der Waals surface area contributed by atoms with E-state index in [1.54, 1.807) is 18.5 Å². The Morgan fingerprint density at radius 2 is 1.58 bits per heavy atom. The highest BCUT2D eigenvalue weighted by Gasteiger charge is 2.22. The van der Waals surface area contributed by atoms with Crippen molar-refractivity contribution in [3.63, 3.8) is 0 Å². The third kappa shape index (κ3) is 4.97. The average molecular weight is 370 g/mol. The SMILES string of the molecule is Cl.Cl.Nc1ccc(CC(=O)N2CCN(c3ncccn3)CC2)cc1. The Morgan fingerprint density at radius 3 is 2.17 bits per heavy atom. The van der Waals surface area contributed by atoms with Crippen molar-refractivity contribution in [2.45, 2.75) is 6.42 Å². The number of rotatable bonds is 3. The number of hydrogen-bond acceptors (Lipinski definition) is 5. The molecule has 1 fully saturated rings. The number of halogens is 2. The first-order valence-electron chi connectivity index (χ1n) is 7.36. The summed E-state index contributed by atoms with van der Waals surface area (Å²) in [5, 5.41) is 0. The molecule has 130 valence electrons. The molecule has 0 aliphatic carbocycles. The van der Waals surface area contributed by atoms with Crippen LogP contribution in [-0.4, -0.2) is 47.0 Å². The van der Waals surface area contributed by atoms with Crippen molar-refractivity contribution in [3.05, 3.63) is 48.3 Å². The van der Waals surface area contributed by atoms with Gasteiger partial charge in [-0.2, -0.15) is 0 Å². The first kappa shape index (κ1) is 20.0. The molecule has 1 aromatic carbocycles. The molecule has 0 bridgehead atoms. The second-order valence-corrected chi connectivity index (χ2v) is 5.33. The van der Waals surface area contributed by atoms with Crippen LogP contribution in [0, 0.1) is 0 Å². The van der Waals surface area contributed by atoms with Crippen molar-refractivity contribution in [3.8, 4) is 0 Å². The maximum absolute atomic E-state index is 12.3. The van der Waals surface area contributed by atoms with Gasteiger partial charge in [-0.15, -0.1) is 24.8 Å². The number of hydrogen-bond donors (Lipinski definition) is 1. The first-order chi connectivity index (χ1) is 10.7. The molecule has 2 N–H and O–H groups in total. The maximum Gasteiger partial charge on any atom is 0.227 e. The van der Waals surface area contributed by atoms with Crippen molar-refractivity contribution in [1.82, 2.24) is 14.9 Å². The normalized spacial score (nSPS) is 13.7. The monoisotopic (exact) mass is 369 g/mol. The van der Waals surface area contributed by atoms with Gasteiger partial charge in [0.25, 0.3) is 0 Å². The molecule has 1 aliphatic rings. The van der Waals surface area contributed by atoms with E-state index in [0.29, 0.717) is 25.2 Å². The molecular formula is C16H21Cl2N5O. The Balaban J connectivity index is 0.00000144. The molecule has 3 rings (SSSR count). The Bertz CT molecular complexity index is 631. The Labute approximate surface area is 153 Å². The van der Waals surface area contributed by atoms with Crippen LogP contribution in [0.2, 0.25) is 0 Å². The summed E-state index contributed by atoms with van der Waals surface area (Å²) in [4.78, 5) is 24.8. The standard InChI is InChI=1S/C16H19N5O.2ClH/c17-14-4-2-13(3-5-14)12-15(22)20-8-10-21(11-9-20)16-18-6-1-7-19-16;;/h1-7H,8-12,17H2;2*1H. The number of carbonyl (C=O) groups excluding carboxylic acids is 1. The van der Waals surface area contributed by atoms with Gasteiger partial charge in [0.2, 0.25) is 11.9 Å². The Hall–Kier alpha value is -2.05. The molecule has 1 aliphatic heterocycles. The zero-order chi connectivity index (χ0) is 15.4. The van der Waals surface area contributed by atoms with Gasteiger partial charge in [-0.25, -0.2) is 9.97 Å². The van der Waals surface area contributed by atoms with Gasteiger partial charge in [0.05, 0.1) is 6.42 Å². The number of carbonyl (C=O) groups is 1. The van der Waals surface area contributed by atoms with E-state index in [0.717, 1.165) is 24.6 Å². The largest absolute Gasteiger partial charge is 0.399 e. The second-order valence-electron chi connectivity index (χ2n) is 5.33. The van der Waals surface area contributed by atoms with Crippen LogP contribution in [0.4, 0.5) is 11.6 Å². The van der Waals surface area contributed by atoms with E-state index in [4.69, 9.17) is 5.73 Å². The van der Waals surface area contributed by atoms with E-state index in [9.17, 15) is 4.79 Å². The van der Waals surface area contributed by atoms with Gasteiger partial charge in [0.1, 0.15) is 0 Å². The molecule has 0 saturated carbocycles. The van der Waals surface area contributed by atoms with E-state index in [1.165, 1.54) is 0 Å². The van der Waals surface area contributed by atoms with Gasteiger partial charge in [0, 0.05) is 44.3 Å². The summed E-state index contributed by atoms with van der Waals surface area (Å²) in [5.41, 5.74) is 7.37. The summed E-state index contributed by atoms with van der Waals surface area (Å²) in [6.45, 7) is 2.92. The lowest BCUT2D eigenvalue weighted by Crippen LogP contribution is -2.49. The summed E-state index contributed by atoms with van der Waals surface area (Å²) < 4.78 is 0. The van der Waals surface area contributed by atoms with Crippen LogP contribution in [0.3, 0.4) is 0 Å². The highest BCUT2D eigenvalue weighted by Crippen LogP contribution is 2.12. The average Bonchev–Trinajstić information content (AvgIpc) is 2.58. The minimum Gasteiger partial charge on any atom is -0.399 e. The molecule has 2 heterocycles. The molecule has 2 aromatic rings. The van der Waals surface area contributed by atoms with Crippen LogP contribution < -0.4 is 10.6 Å². The number of amides is 1. The van der Waals surface area contributed by atoms with Crippen LogP contribution in [0.5, 0.6) is 0 Å². The molecule has 1 saturated heterocycles. The highest BCUT2D eigenvalue weighted by molar-refractivity contribution is 5.85. The molecular weight excluding hydrogens is 349 g/mol. The van der Waals surface area contributed by atoms with E-state index < -0.39 is 0 Å². The summed E-state index contributed by atoms with van der Waals surface area (Å²) >= 11 is 0. The number of aromatic nitrogens is 2. The number of nitrogens with zero attached hydrogens (tertiary/aromatic N) is 4. The molecule has 1 aromatic heterocycles. The van der Waals surface area contributed by atoms with Crippen molar-refractivity contribution in [2.75, 3.05) is 36.8 Å². The maximum atomic E-state index is 12.3. The fraction of sp³-hybridized carbons (Fsp3) is 0.312. The smallest absolute Gasteiger partial charge is 0.227 e. The molecule has 24 heavy (non-hydrogen) atoms. The van der Waals surface area contributed by atoms with Crippen molar-refractivity contribution in [1.29, 1.82) is 0 Å². The second kappa shape index (κ2) is 9.30. The summed E-state index contributed by atoms with van der Waals surface area (Å²) in [6.07, 6.45) is 3.89. The number of benzene rings is 1. The van der Waals surface area contributed by atoms with E-state index >= 15 is 0 Å². The van der Waals surface area contributed by atoms with E-state index in [-0.39, 0.29) is 30.7 Å². The summed E-state index contributed by atoms with van der Waals surface area (Å²) in [5.74, 6) is 0.881. The number of piperazine rings is 1. The molecule has 1 amide bonds. The van der Waals surface area contributed by atoms with Gasteiger partial charge in [0.15, 0.2) is 0 Å². The number of nitrogens with two attached hydrogens (primary N) is 1. The van der Waals surface area contributed by atoms with Crippen molar-refractivity contribution < 1.29 is 4.79 Å². The molecule has 8 heteroatoms. The zero-order valence-electron chi connectivity index (χ0n) is 13.2. The van der Waals surface area contributed by atoms with Crippen LogP contribution in [0.25, 0.3) is 0 Å². The minimum atomic E-state index is 0. The van der Waals surface area contributed by atoms with Gasteiger partial charge in [-0.1, -0.05) is 12.1 Å². The number of anilines is 2. The Morgan fingerprint density at radius 1 is 1.00 bits per heavy atom. The topological polar surface area (TPSA) is 75.4 Å². The lowest BCUT2D eigenvalue weighted by molar-refractivity contribution is -0.130. The van der Waals surface area contributed by atoms with Crippen molar-refractivity contribution >= 4 is 42.4 Å². The lowest BCUT2D eigenvalue weighted by atomic mass is 10.1. The van der Waals surface area contributed by atoms with Crippen LogP contribution in [0.15, 0.2) is 42.7 Å². The molecule has 0 spiro atoms. The molecule has 0 unspecified atom stereocenters. The van der Waals surface area contributed by atoms with Crippen LogP contribution in [-0.2, 0) is 11.2 Å². The van der Waals surface area contributed by atoms with E-state index in [2.05, 4.69) is 14.9 Å². The Kier molecular flexibility index (Phi) is 7.74. The first-order valence-corrected chi connectivity index (χ1v) is 7.36. The number of nitrogen functional groups attached to an aromatic ring is 1. The van der Waals surface area contributed by atoms with E-state index in [1.807, 2.05) is 29.2 Å². The highest BCUT2D eigenvalue weighted by atomic mass is 35.5. The molecule has 0 atom stereocenters. The van der Waals surface area contributed by atoms with Gasteiger partial charge < -0.3 is 15.5 Å². The van der Waals surface area contributed by atoms with Gasteiger partial charge in [-0.05, 0) is 23.8 Å². The summed E-state index contributed by atoms with van der Waals surface area (Å²) in [6, 6.07) is 9.26. The molecule has 0 radical (unpaired) electrons. The predicted molar refractivity (Wildman–Crippen MR) is 99.9 cm³/mol. The lowest BCUT2D eigenvalue weighted by Gasteiger charge is -2.34. The third-order valence-corrected chi connectivity index (χ3v) is 3.80. The minimum absolute atomic E-state index is 0. The van der Waals surface area contributed by atoms with Crippen LogP contribution in [0.1, 0.15) is 5.56 Å². The third-order valence-electron chi connectivity index (χ3n) is 3.80. The zero-order valence-corrected chi connectivity index (χ0v) is 14.8. The fourth-order valence-corrected chi connectivity index (χ4v) is 2.53.